The number of rotatable bonds is 4. The van der Waals surface area contributed by atoms with E-state index in [1.165, 1.54) is 0 Å². The number of thiazole rings is 1. The summed E-state index contributed by atoms with van der Waals surface area (Å²) in [6, 6.07) is 10.9. The normalized spacial score (nSPS) is 14.2. The van der Waals surface area contributed by atoms with Crippen molar-refractivity contribution in [2.24, 2.45) is 0 Å². The molecule has 2 heterocycles. The van der Waals surface area contributed by atoms with Crippen LogP contribution in [-0.4, -0.2) is 56.3 Å². The molecule has 9 heteroatoms. The number of ether oxygens (including phenoxy) is 2. The number of benzene rings is 2. The third-order valence-electron chi connectivity index (χ3n) is 4.83. The second kappa shape index (κ2) is 8.34. The zero-order chi connectivity index (χ0) is 20.4. The smallest absolute Gasteiger partial charge is 0.321 e. The number of hydrogen-bond acceptors (Lipinski definition) is 6. The predicted molar refractivity (Wildman–Crippen MR) is 117 cm³/mol. The highest BCUT2D eigenvalue weighted by Crippen LogP contribution is 2.38. The Morgan fingerprint density at radius 3 is 2.66 bits per heavy atom. The Morgan fingerprint density at radius 1 is 1.14 bits per heavy atom. The predicted octanol–water partition coefficient (Wildman–Crippen LogP) is 4.32. The molecule has 1 fully saturated rings. The van der Waals surface area contributed by atoms with Gasteiger partial charge in [-0.2, -0.15) is 0 Å². The summed E-state index contributed by atoms with van der Waals surface area (Å²) in [5, 5.41) is 4.48. The van der Waals surface area contributed by atoms with Gasteiger partial charge in [0.05, 0.1) is 23.9 Å². The topological polar surface area (TPSA) is 66.9 Å². The molecular formula is C20H21ClN4O3S. The van der Waals surface area contributed by atoms with Gasteiger partial charge in [-0.3, -0.25) is 0 Å². The fourth-order valence-electron chi connectivity index (χ4n) is 3.25. The molecule has 7 nitrogen and oxygen atoms in total. The Bertz CT molecular complexity index is 1030. The fraction of sp³-hybridized carbons (Fsp3) is 0.300. The van der Waals surface area contributed by atoms with Crippen LogP contribution in [0.15, 0.2) is 36.4 Å². The number of nitrogens with one attached hydrogen (secondary N) is 1. The molecule has 0 spiro atoms. The number of nitrogens with zero attached hydrogens (tertiary/aromatic N) is 3. The van der Waals surface area contributed by atoms with Crippen LogP contribution in [0.4, 0.5) is 15.6 Å². The molecule has 0 bridgehead atoms. The molecule has 2 amide bonds. The van der Waals surface area contributed by atoms with Crippen molar-refractivity contribution in [1.29, 1.82) is 0 Å². The first kappa shape index (κ1) is 19.6. The molecule has 0 atom stereocenters. The highest BCUT2D eigenvalue weighted by atomic mass is 35.5. The second-order valence-corrected chi connectivity index (χ2v) is 7.94. The first-order chi connectivity index (χ1) is 14.1. The monoisotopic (exact) mass is 432 g/mol. The van der Waals surface area contributed by atoms with Crippen LogP contribution < -0.4 is 19.7 Å². The molecule has 1 saturated heterocycles. The largest absolute Gasteiger partial charge is 0.497 e. The van der Waals surface area contributed by atoms with E-state index in [0.717, 1.165) is 15.3 Å². The Kier molecular flexibility index (Phi) is 5.64. The van der Waals surface area contributed by atoms with Crippen molar-refractivity contribution in [3.63, 3.8) is 0 Å². The molecule has 1 aliphatic rings. The van der Waals surface area contributed by atoms with Gasteiger partial charge in [0, 0.05) is 37.9 Å². The van der Waals surface area contributed by atoms with E-state index in [-0.39, 0.29) is 6.03 Å². The molecule has 1 N–H and O–H groups in total. The van der Waals surface area contributed by atoms with Crippen LogP contribution in [0.5, 0.6) is 11.5 Å². The van der Waals surface area contributed by atoms with E-state index in [1.54, 1.807) is 36.5 Å². The highest BCUT2D eigenvalue weighted by Gasteiger charge is 2.24. The highest BCUT2D eigenvalue weighted by molar-refractivity contribution is 7.22. The number of carbonyl (C=O) groups excluding carboxylic acids is 1. The van der Waals surface area contributed by atoms with Gasteiger partial charge in [-0.15, -0.1) is 0 Å². The summed E-state index contributed by atoms with van der Waals surface area (Å²) < 4.78 is 11.5. The summed E-state index contributed by atoms with van der Waals surface area (Å²) >= 11 is 7.87. The van der Waals surface area contributed by atoms with Gasteiger partial charge in [0.2, 0.25) is 0 Å². The number of piperazine rings is 1. The van der Waals surface area contributed by atoms with Crippen LogP contribution in [-0.2, 0) is 0 Å². The van der Waals surface area contributed by atoms with E-state index in [2.05, 4.69) is 10.2 Å². The van der Waals surface area contributed by atoms with Crippen molar-refractivity contribution in [3.05, 3.63) is 41.4 Å². The first-order valence-electron chi connectivity index (χ1n) is 9.17. The van der Waals surface area contributed by atoms with Crippen molar-refractivity contribution in [1.82, 2.24) is 9.88 Å². The molecule has 4 rings (SSSR count). The van der Waals surface area contributed by atoms with Crippen LogP contribution in [0.1, 0.15) is 0 Å². The minimum absolute atomic E-state index is 0.119. The van der Waals surface area contributed by atoms with Gasteiger partial charge in [-0.25, -0.2) is 9.78 Å². The number of fused-ring (bicyclic) bond motifs is 1. The zero-order valence-electron chi connectivity index (χ0n) is 16.1. The van der Waals surface area contributed by atoms with Crippen LogP contribution in [0.2, 0.25) is 5.02 Å². The van der Waals surface area contributed by atoms with Crippen molar-refractivity contribution < 1.29 is 14.3 Å². The van der Waals surface area contributed by atoms with Gasteiger partial charge in [0.1, 0.15) is 17.0 Å². The molecule has 152 valence electrons. The number of amides is 2. The number of aromatic nitrogens is 1. The second-order valence-electron chi connectivity index (χ2n) is 6.56. The molecule has 1 aliphatic heterocycles. The van der Waals surface area contributed by atoms with E-state index < -0.39 is 0 Å². The van der Waals surface area contributed by atoms with E-state index in [9.17, 15) is 4.79 Å². The van der Waals surface area contributed by atoms with Crippen molar-refractivity contribution in [2.75, 3.05) is 50.6 Å². The molecule has 0 unspecified atom stereocenters. The van der Waals surface area contributed by atoms with Crippen LogP contribution in [0.25, 0.3) is 10.2 Å². The lowest BCUT2D eigenvalue weighted by atomic mass is 10.3. The molecule has 0 aliphatic carbocycles. The van der Waals surface area contributed by atoms with Gasteiger partial charge < -0.3 is 24.6 Å². The minimum atomic E-state index is -0.119. The van der Waals surface area contributed by atoms with Crippen LogP contribution >= 0.6 is 22.9 Å². The summed E-state index contributed by atoms with van der Waals surface area (Å²) in [4.78, 5) is 21.3. The number of anilines is 2. The average Bonchev–Trinajstić information content (AvgIpc) is 3.21. The van der Waals surface area contributed by atoms with Gasteiger partial charge in [0.25, 0.3) is 0 Å². The molecule has 3 aromatic rings. The maximum atomic E-state index is 12.6. The number of urea groups is 1. The number of carbonyl (C=O) groups is 1. The zero-order valence-corrected chi connectivity index (χ0v) is 17.7. The Labute approximate surface area is 177 Å². The molecule has 29 heavy (non-hydrogen) atoms. The van der Waals surface area contributed by atoms with Crippen molar-refractivity contribution >= 4 is 50.0 Å². The Balaban J connectivity index is 1.42. The fourth-order valence-corrected chi connectivity index (χ4v) is 4.55. The van der Waals surface area contributed by atoms with Gasteiger partial charge in [-0.05, 0) is 24.3 Å². The molecule has 0 radical (unpaired) electrons. The van der Waals surface area contributed by atoms with E-state index >= 15 is 0 Å². The lowest BCUT2D eigenvalue weighted by Gasteiger charge is -2.34. The lowest BCUT2D eigenvalue weighted by molar-refractivity contribution is 0.208. The number of halogens is 1. The van der Waals surface area contributed by atoms with Crippen LogP contribution in [0.3, 0.4) is 0 Å². The molecule has 2 aromatic carbocycles. The SMILES string of the molecule is COc1cccc(NC(=O)N2CCN(c3nc4c(OC)ccc(Cl)c4s3)CC2)c1. The summed E-state index contributed by atoms with van der Waals surface area (Å²) in [6.45, 7) is 2.61. The van der Waals surface area contributed by atoms with E-state index in [4.69, 9.17) is 26.1 Å². The van der Waals surface area contributed by atoms with E-state index in [0.29, 0.717) is 48.4 Å². The maximum absolute atomic E-state index is 12.6. The van der Waals surface area contributed by atoms with Gasteiger partial charge in [0.15, 0.2) is 5.13 Å². The third kappa shape index (κ3) is 4.04. The third-order valence-corrected chi connectivity index (χ3v) is 6.40. The summed E-state index contributed by atoms with van der Waals surface area (Å²) in [5.74, 6) is 1.42. The Morgan fingerprint density at radius 2 is 1.93 bits per heavy atom. The molecular weight excluding hydrogens is 412 g/mol. The van der Waals surface area contributed by atoms with E-state index in [1.807, 2.05) is 30.3 Å². The Hall–Kier alpha value is -2.71. The average molecular weight is 433 g/mol. The molecule has 1 aromatic heterocycles. The quantitative estimate of drug-likeness (QED) is 0.665. The summed E-state index contributed by atoms with van der Waals surface area (Å²) in [5.41, 5.74) is 1.49. The van der Waals surface area contributed by atoms with Crippen molar-refractivity contribution in [3.8, 4) is 11.5 Å². The molecule has 0 saturated carbocycles. The number of hydrogen-bond donors (Lipinski definition) is 1. The van der Waals surface area contributed by atoms with Crippen LogP contribution in [0, 0.1) is 0 Å². The maximum Gasteiger partial charge on any atom is 0.321 e. The minimum Gasteiger partial charge on any atom is -0.497 e. The first-order valence-corrected chi connectivity index (χ1v) is 10.4. The van der Waals surface area contributed by atoms with Gasteiger partial charge >= 0.3 is 6.03 Å². The van der Waals surface area contributed by atoms with Crippen molar-refractivity contribution in [2.45, 2.75) is 0 Å². The number of methoxy groups -OCH3 is 2. The standard InChI is InChI=1S/C20H21ClN4O3S/c1-27-14-5-3-4-13(12-14)22-19(26)24-8-10-25(11-9-24)20-23-17-16(28-2)7-6-15(21)18(17)29-20/h3-7,12H,8-11H2,1-2H3,(H,22,26). The summed E-state index contributed by atoms with van der Waals surface area (Å²) in [7, 11) is 3.23. The lowest BCUT2D eigenvalue weighted by Crippen LogP contribution is -2.50. The summed E-state index contributed by atoms with van der Waals surface area (Å²) in [6.07, 6.45) is 0. The van der Waals surface area contributed by atoms with Gasteiger partial charge in [-0.1, -0.05) is 29.0 Å².